The van der Waals surface area contributed by atoms with Crippen molar-refractivity contribution in [2.24, 2.45) is 0 Å². The second-order valence-corrected chi connectivity index (χ2v) is 6.74. The first kappa shape index (κ1) is 13.8. The lowest BCUT2D eigenvalue weighted by atomic mass is 10.0. The van der Waals surface area contributed by atoms with E-state index in [4.69, 9.17) is 0 Å². The van der Waals surface area contributed by atoms with Crippen molar-refractivity contribution in [2.45, 2.75) is 45.1 Å². The maximum absolute atomic E-state index is 13.6. The summed E-state index contributed by atoms with van der Waals surface area (Å²) in [6.07, 6.45) is 5.29. The molecule has 3 heteroatoms. The number of hydrogen-bond donors (Lipinski definition) is 1. The van der Waals surface area contributed by atoms with Crippen LogP contribution in [0.5, 0.6) is 0 Å². The van der Waals surface area contributed by atoms with Crippen molar-refractivity contribution in [1.82, 2.24) is 0 Å². The van der Waals surface area contributed by atoms with E-state index in [9.17, 15) is 9.50 Å². The van der Waals surface area contributed by atoms with Crippen LogP contribution >= 0.6 is 11.3 Å². The van der Waals surface area contributed by atoms with Gasteiger partial charge in [-0.1, -0.05) is 18.6 Å². The number of benzene rings is 1. The third-order valence-corrected chi connectivity index (χ3v) is 5.34. The van der Waals surface area contributed by atoms with Gasteiger partial charge < -0.3 is 5.11 Å². The molecule has 1 unspecified atom stereocenters. The van der Waals surface area contributed by atoms with E-state index >= 15 is 0 Å². The van der Waals surface area contributed by atoms with Gasteiger partial charge in [-0.2, -0.15) is 0 Å². The third kappa shape index (κ3) is 2.65. The van der Waals surface area contributed by atoms with E-state index in [1.165, 1.54) is 35.8 Å². The molecule has 0 amide bonds. The van der Waals surface area contributed by atoms with Crippen LogP contribution in [0.2, 0.25) is 0 Å². The summed E-state index contributed by atoms with van der Waals surface area (Å²) in [5.41, 5.74) is 2.64. The van der Waals surface area contributed by atoms with Crippen LogP contribution < -0.4 is 0 Å². The Balaban J connectivity index is 1.90. The predicted octanol–water partition coefficient (Wildman–Crippen LogP) is 4.55. The quantitative estimate of drug-likeness (QED) is 0.805. The Hall–Kier alpha value is -1.19. The first-order valence-corrected chi connectivity index (χ1v) is 8.02. The lowest BCUT2D eigenvalue weighted by molar-refractivity contribution is 0.223. The molecule has 0 fully saturated rings. The van der Waals surface area contributed by atoms with Crippen molar-refractivity contribution in [1.29, 1.82) is 0 Å². The number of thiophene rings is 1. The van der Waals surface area contributed by atoms with Crippen molar-refractivity contribution in [3.05, 3.63) is 56.5 Å². The fraction of sp³-hybridized carbons (Fsp3) is 0.412. The third-order valence-electron chi connectivity index (χ3n) is 4.05. The zero-order valence-electron chi connectivity index (χ0n) is 11.7. The normalized spacial score (nSPS) is 16.6. The van der Waals surface area contributed by atoms with Gasteiger partial charge in [0.05, 0.1) is 0 Å². The number of aryl methyl sites for hydroxylation is 3. The number of rotatable bonds is 2. The van der Waals surface area contributed by atoms with E-state index in [1.54, 1.807) is 24.3 Å². The van der Waals surface area contributed by atoms with E-state index in [1.807, 2.05) is 6.07 Å². The number of halogens is 1. The fourth-order valence-electron chi connectivity index (χ4n) is 2.77. The monoisotopic (exact) mass is 290 g/mol. The van der Waals surface area contributed by atoms with Gasteiger partial charge in [-0.3, -0.25) is 0 Å². The predicted molar refractivity (Wildman–Crippen MR) is 80.8 cm³/mol. The minimum Gasteiger partial charge on any atom is -0.383 e. The van der Waals surface area contributed by atoms with Crippen LogP contribution in [0, 0.1) is 12.7 Å². The summed E-state index contributed by atoms with van der Waals surface area (Å²) in [5.74, 6) is -0.250. The van der Waals surface area contributed by atoms with Crippen LogP contribution in [0.4, 0.5) is 4.39 Å². The summed E-state index contributed by atoms with van der Waals surface area (Å²) < 4.78 is 13.6. The van der Waals surface area contributed by atoms with Crippen molar-refractivity contribution < 1.29 is 9.50 Å². The Labute approximate surface area is 123 Å². The molecule has 0 saturated heterocycles. The molecule has 3 rings (SSSR count). The maximum atomic E-state index is 13.6. The van der Waals surface area contributed by atoms with E-state index in [0.717, 1.165) is 17.7 Å². The van der Waals surface area contributed by atoms with Gasteiger partial charge >= 0.3 is 0 Å². The molecule has 1 aromatic carbocycles. The van der Waals surface area contributed by atoms with Crippen LogP contribution in [-0.4, -0.2) is 5.11 Å². The van der Waals surface area contributed by atoms with Gasteiger partial charge in [-0.25, -0.2) is 4.39 Å². The molecule has 0 aliphatic heterocycles. The van der Waals surface area contributed by atoms with Gasteiger partial charge in [-0.15, -0.1) is 11.3 Å². The summed E-state index contributed by atoms with van der Waals surface area (Å²) >= 11 is 1.69. The molecule has 106 valence electrons. The minimum absolute atomic E-state index is 0.250. The zero-order chi connectivity index (χ0) is 14.1. The first-order valence-electron chi connectivity index (χ1n) is 7.21. The summed E-state index contributed by atoms with van der Waals surface area (Å²) in [6.45, 7) is 1.73. The Morgan fingerprint density at radius 1 is 1.15 bits per heavy atom. The summed E-state index contributed by atoms with van der Waals surface area (Å²) in [6, 6.07) is 7.11. The molecule has 1 heterocycles. The Morgan fingerprint density at radius 2 is 1.95 bits per heavy atom. The number of hydrogen-bond acceptors (Lipinski definition) is 2. The number of aliphatic hydroxyl groups is 1. The topological polar surface area (TPSA) is 20.2 Å². The van der Waals surface area contributed by atoms with Crippen LogP contribution in [0.3, 0.4) is 0 Å². The highest BCUT2D eigenvalue weighted by molar-refractivity contribution is 7.12. The molecule has 20 heavy (non-hydrogen) atoms. The highest BCUT2D eigenvalue weighted by atomic mass is 32.1. The molecule has 1 N–H and O–H groups in total. The molecular formula is C17H19FOS. The zero-order valence-corrected chi connectivity index (χ0v) is 12.5. The lowest BCUT2D eigenvalue weighted by Crippen LogP contribution is -1.98. The van der Waals surface area contributed by atoms with Gasteiger partial charge in [0.2, 0.25) is 0 Å². The summed E-state index contributed by atoms with van der Waals surface area (Å²) in [7, 11) is 0. The molecule has 1 aliphatic rings. The minimum atomic E-state index is -0.706. The average molecular weight is 290 g/mol. The van der Waals surface area contributed by atoms with Crippen LogP contribution in [0.1, 0.15) is 51.8 Å². The Morgan fingerprint density at radius 3 is 2.75 bits per heavy atom. The molecule has 1 aliphatic carbocycles. The molecule has 2 aromatic rings. The van der Waals surface area contributed by atoms with Gasteiger partial charge in [0, 0.05) is 9.75 Å². The lowest BCUT2D eigenvalue weighted by Gasteiger charge is -2.10. The average Bonchev–Trinajstić information content (AvgIpc) is 2.72. The van der Waals surface area contributed by atoms with Crippen molar-refractivity contribution in [3.8, 4) is 0 Å². The van der Waals surface area contributed by atoms with E-state index in [2.05, 4.69) is 6.07 Å². The maximum Gasteiger partial charge on any atom is 0.126 e. The summed E-state index contributed by atoms with van der Waals surface area (Å²) in [4.78, 5) is 2.35. The highest BCUT2D eigenvalue weighted by Gasteiger charge is 2.18. The second kappa shape index (κ2) is 5.66. The largest absolute Gasteiger partial charge is 0.383 e. The van der Waals surface area contributed by atoms with Crippen molar-refractivity contribution in [3.63, 3.8) is 0 Å². The van der Waals surface area contributed by atoms with Gasteiger partial charge in [0.15, 0.2) is 0 Å². The molecule has 0 spiro atoms. The molecule has 0 saturated carbocycles. The van der Waals surface area contributed by atoms with Crippen molar-refractivity contribution in [2.75, 3.05) is 0 Å². The second-order valence-electron chi connectivity index (χ2n) is 5.57. The van der Waals surface area contributed by atoms with Crippen molar-refractivity contribution >= 4 is 11.3 Å². The van der Waals surface area contributed by atoms with Gasteiger partial charge in [-0.05, 0) is 61.4 Å². The smallest absolute Gasteiger partial charge is 0.126 e. The Bertz CT molecular complexity index is 594. The van der Waals surface area contributed by atoms with Gasteiger partial charge in [0.25, 0.3) is 0 Å². The molecule has 1 nitrogen and oxygen atoms in total. The number of fused-ring (bicyclic) bond motifs is 1. The van der Waals surface area contributed by atoms with Crippen LogP contribution in [0.25, 0.3) is 0 Å². The molecule has 0 bridgehead atoms. The van der Waals surface area contributed by atoms with E-state index < -0.39 is 6.10 Å². The molecule has 1 atom stereocenters. The van der Waals surface area contributed by atoms with E-state index in [-0.39, 0.29) is 5.82 Å². The SMILES string of the molecule is Cc1ccc(C(O)c2cc3c(s2)CCCCC3)cc1F. The standard InChI is InChI=1S/C17H19FOS/c1-11-7-8-13(9-14(11)18)17(19)16-10-12-5-3-2-4-6-15(12)20-16/h7-10,17,19H,2-6H2,1H3. The summed E-state index contributed by atoms with van der Waals surface area (Å²) in [5, 5.41) is 10.5. The Kier molecular flexibility index (Phi) is 3.90. The highest BCUT2D eigenvalue weighted by Crippen LogP contribution is 2.35. The molecular weight excluding hydrogens is 271 g/mol. The van der Waals surface area contributed by atoms with E-state index in [0.29, 0.717) is 11.1 Å². The first-order chi connectivity index (χ1) is 9.65. The van der Waals surface area contributed by atoms with Crippen LogP contribution in [-0.2, 0) is 12.8 Å². The molecule has 1 aromatic heterocycles. The molecule has 0 radical (unpaired) electrons. The fourth-order valence-corrected chi connectivity index (χ4v) is 4.04. The van der Waals surface area contributed by atoms with Crippen LogP contribution in [0.15, 0.2) is 24.3 Å². The number of aliphatic hydroxyl groups excluding tert-OH is 1. The van der Waals surface area contributed by atoms with Gasteiger partial charge in [0.1, 0.15) is 11.9 Å².